The Hall–Kier alpha value is -1.56. The van der Waals surface area contributed by atoms with Gasteiger partial charge in [0.05, 0.1) is 20.3 Å². The molecule has 0 spiro atoms. The van der Waals surface area contributed by atoms with Gasteiger partial charge < -0.3 is 19.9 Å². The van der Waals surface area contributed by atoms with Gasteiger partial charge in [0.25, 0.3) is 0 Å². The number of hydrogen-bond donors (Lipinski definition) is 2. The third-order valence-electron chi connectivity index (χ3n) is 3.32. The Morgan fingerprint density at radius 1 is 1.28 bits per heavy atom. The number of nitrogens with zero attached hydrogens (tertiary/aromatic N) is 2. The number of aliphatic hydroxyl groups excluding tert-OH is 1. The highest BCUT2D eigenvalue weighted by atomic mass is 16.5. The van der Waals surface area contributed by atoms with Gasteiger partial charge in [0.2, 0.25) is 17.7 Å². The van der Waals surface area contributed by atoms with Crippen molar-refractivity contribution in [2.45, 2.75) is 19.3 Å². The van der Waals surface area contributed by atoms with Crippen LogP contribution in [0.2, 0.25) is 0 Å². The van der Waals surface area contributed by atoms with Gasteiger partial charge in [-0.15, -0.1) is 0 Å². The molecule has 1 aromatic heterocycles. The summed E-state index contributed by atoms with van der Waals surface area (Å²) in [6.45, 7) is 0.994. The highest BCUT2D eigenvalue weighted by molar-refractivity contribution is 5.34. The summed E-state index contributed by atoms with van der Waals surface area (Å²) in [5.74, 6) is 1.43. The number of aliphatic hydroxyl groups is 1. The first-order valence-corrected chi connectivity index (χ1v) is 6.03. The van der Waals surface area contributed by atoms with Crippen molar-refractivity contribution in [3.63, 3.8) is 0 Å². The van der Waals surface area contributed by atoms with E-state index in [0.717, 1.165) is 25.8 Å². The van der Waals surface area contributed by atoms with Crippen molar-refractivity contribution < 1.29 is 14.6 Å². The minimum absolute atomic E-state index is 0.217. The Kier molecular flexibility index (Phi) is 3.86. The predicted molar refractivity (Wildman–Crippen MR) is 67.0 cm³/mol. The van der Waals surface area contributed by atoms with E-state index in [0.29, 0.717) is 17.7 Å². The molecule has 1 saturated carbocycles. The summed E-state index contributed by atoms with van der Waals surface area (Å²) in [6.07, 6.45) is 3.10. The first-order valence-electron chi connectivity index (χ1n) is 6.03. The minimum Gasteiger partial charge on any atom is -0.481 e. The highest BCUT2D eigenvalue weighted by Gasteiger charge is 2.41. The van der Waals surface area contributed by atoms with Crippen LogP contribution >= 0.6 is 0 Å². The van der Waals surface area contributed by atoms with Crippen LogP contribution in [0.25, 0.3) is 0 Å². The van der Waals surface area contributed by atoms with Gasteiger partial charge in [0, 0.05) is 13.2 Å². The molecule has 1 aromatic rings. The van der Waals surface area contributed by atoms with Crippen molar-refractivity contribution in [2.75, 3.05) is 32.7 Å². The maximum Gasteiger partial charge on any atom is 0.229 e. The molecule has 0 aromatic carbocycles. The zero-order valence-electron chi connectivity index (χ0n) is 10.8. The maximum atomic E-state index is 9.00. The van der Waals surface area contributed by atoms with E-state index in [4.69, 9.17) is 14.6 Å². The van der Waals surface area contributed by atoms with Crippen LogP contribution in [0.15, 0.2) is 6.07 Å². The van der Waals surface area contributed by atoms with E-state index in [9.17, 15) is 0 Å². The van der Waals surface area contributed by atoms with Gasteiger partial charge in [0.15, 0.2) is 0 Å². The minimum atomic E-state index is 0.217. The van der Waals surface area contributed by atoms with Gasteiger partial charge in [-0.2, -0.15) is 9.97 Å². The first-order chi connectivity index (χ1) is 8.71. The van der Waals surface area contributed by atoms with E-state index in [2.05, 4.69) is 15.3 Å². The van der Waals surface area contributed by atoms with Gasteiger partial charge in [-0.25, -0.2) is 0 Å². The Bertz CT molecular complexity index is 385. The second-order valence-corrected chi connectivity index (χ2v) is 4.60. The highest BCUT2D eigenvalue weighted by Crippen LogP contribution is 2.48. The molecule has 0 amide bonds. The molecule has 2 rings (SSSR count). The molecule has 18 heavy (non-hydrogen) atoms. The second kappa shape index (κ2) is 5.39. The smallest absolute Gasteiger partial charge is 0.229 e. The first kappa shape index (κ1) is 12.9. The fourth-order valence-electron chi connectivity index (χ4n) is 1.89. The third-order valence-corrected chi connectivity index (χ3v) is 3.32. The Labute approximate surface area is 106 Å². The van der Waals surface area contributed by atoms with Gasteiger partial charge in [-0.3, -0.25) is 0 Å². The summed E-state index contributed by atoms with van der Waals surface area (Å²) < 4.78 is 10.2. The number of hydrogen-bond acceptors (Lipinski definition) is 6. The number of methoxy groups -OCH3 is 2. The van der Waals surface area contributed by atoms with Gasteiger partial charge in [0.1, 0.15) is 0 Å². The van der Waals surface area contributed by atoms with Crippen LogP contribution in [-0.4, -0.2) is 42.4 Å². The van der Waals surface area contributed by atoms with Crippen LogP contribution in [0, 0.1) is 5.41 Å². The normalized spacial score (nSPS) is 16.2. The quantitative estimate of drug-likeness (QED) is 0.757. The van der Waals surface area contributed by atoms with Crippen molar-refractivity contribution >= 4 is 5.95 Å². The summed E-state index contributed by atoms with van der Waals surface area (Å²) in [7, 11) is 3.11. The molecule has 0 atom stereocenters. The van der Waals surface area contributed by atoms with Gasteiger partial charge >= 0.3 is 0 Å². The SMILES string of the molecule is COc1cc(OC)nc(NCC2(CCO)CC2)n1. The lowest BCUT2D eigenvalue weighted by molar-refractivity contribution is 0.253. The fraction of sp³-hybridized carbons (Fsp3) is 0.667. The van der Waals surface area contributed by atoms with Crippen LogP contribution in [0.1, 0.15) is 19.3 Å². The van der Waals surface area contributed by atoms with E-state index in [-0.39, 0.29) is 12.0 Å². The molecule has 0 unspecified atom stereocenters. The van der Waals surface area contributed by atoms with E-state index < -0.39 is 0 Å². The number of aromatic nitrogens is 2. The lowest BCUT2D eigenvalue weighted by atomic mass is 10.0. The second-order valence-electron chi connectivity index (χ2n) is 4.60. The number of ether oxygens (including phenoxy) is 2. The summed E-state index contributed by atoms with van der Waals surface area (Å²) in [6, 6.07) is 1.63. The molecule has 1 aliphatic carbocycles. The van der Waals surface area contributed by atoms with Crippen LogP contribution in [0.3, 0.4) is 0 Å². The summed E-state index contributed by atoms with van der Waals surface area (Å²) in [5, 5.41) is 12.2. The maximum absolute atomic E-state index is 9.00. The van der Waals surface area contributed by atoms with Crippen molar-refractivity contribution in [1.29, 1.82) is 0 Å². The van der Waals surface area contributed by atoms with Crippen LogP contribution in [0.4, 0.5) is 5.95 Å². The zero-order valence-corrected chi connectivity index (χ0v) is 10.8. The zero-order chi connectivity index (χ0) is 13.0. The number of nitrogens with one attached hydrogen (secondary N) is 1. The van der Waals surface area contributed by atoms with E-state index in [1.807, 2.05) is 0 Å². The molecule has 0 saturated heterocycles. The molecule has 2 N–H and O–H groups in total. The average Bonchev–Trinajstić information content (AvgIpc) is 3.16. The van der Waals surface area contributed by atoms with Crippen LogP contribution in [-0.2, 0) is 0 Å². The Balaban J connectivity index is 2.00. The molecule has 0 radical (unpaired) electrons. The Morgan fingerprint density at radius 2 is 1.89 bits per heavy atom. The molecule has 1 aliphatic rings. The molecular weight excluding hydrogens is 234 g/mol. The summed E-state index contributed by atoms with van der Waals surface area (Å²) in [4.78, 5) is 8.41. The molecule has 0 aliphatic heterocycles. The van der Waals surface area contributed by atoms with Crippen molar-refractivity contribution in [3.05, 3.63) is 6.07 Å². The predicted octanol–water partition coefficient (Wildman–Crippen LogP) is 1.07. The molecule has 100 valence electrons. The number of rotatable bonds is 7. The van der Waals surface area contributed by atoms with Crippen molar-refractivity contribution in [2.24, 2.45) is 5.41 Å². The molecule has 6 heteroatoms. The molecule has 0 bridgehead atoms. The van der Waals surface area contributed by atoms with Crippen molar-refractivity contribution in [1.82, 2.24) is 9.97 Å². The van der Waals surface area contributed by atoms with Gasteiger partial charge in [-0.1, -0.05) is 0 Å². The van der Waals surface area contributed by atoms with Crippen molar-refractivity contribution in [3.8, 4) is 11.8 Å². The van der Waals surface area contributed by atoms with Crippen LogP contribution < -0.4 is 14.8 Å². The lowest BCUT2D eigenvalue weighted by Gasteiger charge is -2.15. The topological polar surface area (TPSA) is 76.5 Å². The Morgan fingerprint density at radius 3 is 2.33 bits per heavy atom. The summed E-state index contributed by atoms with van der Waals surface area (Å²) >= 11 is 0. The summed E-state index contributed by atoms with van der Waals surface area (Å²) in [5.41, 5.74) is 0.217. The molecule has 6 nitrogen and oxygen atoms in total. The number of anilines is 1. The van der Waals surface area contributed by atoms with Gasteiger partial charge in [-0.05, 0) is 24.7 Å². The molecular formula is C12H19N3O3. The van der Waals surface area contributed by atoms with E-state index >= 15 is 0 Å². The lowest BCUT2D eigenvalue weighted by Crippen LogP contribution is -2.18. The van der Waals surface area contributed by atoms with E-state index in [1.54, 1.807) is 20.3 Å². The standard InChI is InChI=1S/C12H19N3O3/c1-17-9-7-10(18-2)15-11(14-9)13-8-12(3-4-12)5-6-16/h7,16H,3-6,8H2,1-2H3,(H,13,14,15). The monoisotopic (exact) mass is 253 g/mol. The molecule has 1 heterocycles. The molecule has 1 fully saturated rings. The van der Waals surface area contributed by atoms with E-state index in [1.165, 1.54) is 0 Å². The fourth-order valence-corrected chi connectivity index (χ4v) is 1.89. The van der Waals surface area contributed by atoms with Crippen LogP contribution in [0.5, 0.6) is 11.8 Å². The largest absolute Gasteiger partial charge is 0.481 e. The third kappa shape index (κ3) is 3.01. The average molecular weight is 253 g/mol.